The van der Waals surface area contributed by atoms with Crippen LogP contribution in [0.1, 0.15) is 50.7 Å². The molecule has 0 aliphatic heterocycles. The molecule has 0 bridgehead atoms. The molecule has 2 rings (SSSR count). The normalized spacial score (nSPS) is 10.7. The fourth-order valence-electron chi connectivity index (χ4n) is 2.89. The summed E-state index contributed by atoms with van der Waals surface area (Å²) in [5, 5.41) is 8.28. The van der Waals surface area contributed by atoms with Gasteiger partial charge in [0.05, 0.1) is 13.7 Å². The van der Waals surface area contributed by atoms with Gasteiger partial charge in [-0.3, -0.25) is 4.79 Å². The number of ether oxygens (including phenoxy) is 1. The van der Waals surface area contributed by atoms with Gasteiger partial charge in [-0.05, 0) is 47.2 Å². The van der Waals surface area contributed by atoms with E-state index in [1.54, 1.807) is 31.4 Å². The average Bonchev–Trinajstić information content (AvgIpc) is 2.66. The van der Waals surface area contributed by atoms with E-state index in [1.165, 1.54) is 0 Å². The summed E-state index contributed by atoms with van der Waals surface area (Å²) in [6.45, 7) is 8.23. The number of nitrogens with one attached hydrogen (secondary N) is 3. The number of para-hydroxylation sites is 1. The Labute approximate surface area is 166 Å². The van der Waals surface area contributed by atoms with E-state index in [0.29, 0.717) is 11.4 Å². The van der Waals surface area contributed by atoms with E-state index in [2.05, 4.69) is 43.6 Å². The highest BCUT2D eigenvalue weighted by Crippen LogP contribution is 2.32. The molecule has 150 valence electrons. The van der Waals surface area contributed by atoms with Crippen LogP contribution in [0.2, 0.25) is 0 Å². The summed E-state index contributed by atoms with van der Waals surface area (Å²) in [5.41, 5.74) is 3.61. The summed E-state index contributed by atoms with van der Waals surface area (Å²) in [4.78, 5) is 24.5. The van der Waals surface area contributed by atoms with E-state index in [1.807, 2.05) is 18.2 Å². The number of hydrogen-bond acceptors (Lipinski definition) is 3. The molecule has 6 nitrogen and oxygen atoms in total. The van der Waals surface area contributed by atoms with Gasteiger partial charge >= 0.3 is 6.03 Å². The summed E-state index contributed by atoms with van der Waals surface area (Å²) >= 11 is 0. The largest absolute Gasteiger partial charge is 0.497 e. The highest BCUT2D eigenvalue weighted by atomic mass is 16.5. The van der Waals surface area contributed by atoms with Crippen LogP contribution < -0.4 is 20.7 Å². The molecule has 0 aliphatic rings. The maximum atomic E-state index is 12.4. The van der Waals surface area contributed by atoms with Crippen LogP contribution in [-0.4, -0.2) is 25.6 Å². The number of urea groups is 1. The summed E-state index contributed by atoms with van der Waals surface area (Å²) in [6.07, 6.45) is 0. The van der Waals surface area contributed by atoms with E-state index in [4.69, 9.17) is 4.74 Å². The van der Waals surface area contributed by atoms with Crippen molar-refractivity contribution in [1.82, 2.24) is 5.32 Å². The molecule has 0 atom stereocenters. The molecular weight excluding hydrogens is 354 g/mol. The lowest BCUT2D eigenvalue weighted by Gasteiger charge is -2.20. The van der Waals surface area contributed by atoms with Crippen LogP contribution in [0.3, 0.4) is 0 Å². The fourth-order valence-corrected chi connectivity index (χ4v) is 2.89. The SMILES string of the molecule is COc1ccc(NC(=O)CNC(=O)Nc2c(C(C)C)cccc2C(C)C)cc1. The number of carbonyl (C=O) groups excluding carboxylic acids is 2. The van der Waals surface area contributed by atoms with Crippen LogP contribution >= 0.6 is 0 Å². The molecule has 28 heavy (non-hydrogen) atoms. The van der Waals surface area contributed by atoms with Gasteiger partial charge in [0.25, 0.3) is 0 Å². The smallest absolute Gasteiger partial charge is 0.319 e. The Bertz CT molecular complexity index is 788. The number of anilines is 2. The predicted molar refractivity (Wildman–Crippen MR) is 113 cm³/mol. The molecule has 0 saturated carbocycles. The molecule has 2 aromatic rings. The molecule has 0 aromatic heterocycles. The van der Waals surface area contributed by atoms with Crippen molar-refractivity contribution in [1.29, 1.82) is 0 Å². The van der Waals surface area contributed by atoms with Gasteiger partial charge in [-0.25, -0.2) is 4.79 Å². The second-order valence-electron chi connectivity index (χ2n) is 7.21. The zero-order valence-electron chi connectivity index (χ0n) is 17.1. The number of rotatable bonds is 7. The minimum Gasteiger partial charge on any atom is -0.497 e. The maximum absolute atomic E-state index is 12.4. The first-order valence-electron chi connectivity index (χ1n) is 9.43. The molecule has 2 aromatic carbocycles. The van der Waals surface area contributed by atoms with Crippen molar-refractivity contribution in [2.75, 3.05) is 24.3 Å². The Balaban J connectivity index is 1.97. The summed E-state index contributed by atoms with van der Waals surface area (Å²) < 4.78 is 5.08. The summed E-state index contributed by atoms with van der Waals surface area (Å²) in [6, 6.07) is 12.6. The zero-order chi connectivity index (χ0) is 20.7. The van der Waals surface area contributed by atoms with Gasteiger partial charge in [0.15, 0.2) is 0 Å². The van der Waals surface area contributed by atoms with E-state index >= 15 is 0 Å². The molecule has 0 saturated heterocycles. The van der Waals surface area contributed by atoms with Crippen LogP contribution in [0.25, 0.3) is 0 Å². The Morgan fingerprint density at radius 2 is 1.46 bits per heavy atom. The molecule has 0 heterocycles. The first kappa shape index (κ1) is 21.3. The lowest BCUT2D eigenvalue weighted by molar-refractivity contribution is -0.115. The van der Waals surface area contributed by atoms with Crippen LogP contribution in [0.5, 0.6) is 5.75 Å². The molecule has 0 radical (unpaired) electrons. The molecule has 6 heteroatoms. The van der Waals surface area contributed by atoms with E-state index < -0.39 is 6.03 Å². The molecular formula is C22H29N3O3. The highest BCUT2D eigenvalue weighted by molar-refractivity contribution is 5.97. The Morgan fingerprint density at radius 1 is 0.893 bits per heavy atom. The zero-order valence-corrected chi connectivity index (χ0v) is 17.1. The van der Waals surface area contributed by atoms with Gasteiger partial charge in [0.2, 0.25) is 5.91 Å². The predicted octanol–water partition coefficient (Wildman–Crippen LogP) is 4.70. The van der Waals surface area contributed by atoms with Crippen LogP contribution in [0.4, 0.5) is 16.2 Å². The first-order chi connectivity index (χ1) is 13.3. The number of hydrogen-bond donors (Lipinski definition) is 3. The second-order valence-corrected chi connectivity index (χ2v) is 7.21. The minimum atomic E-state index is -0.403. The quantitative estimate of drug-likeness (QED) is 0.648. The Kier molecular flexibility index (Phi) is 7.44. The van der Waals surface area contributed by atoms with E-state index in [9.17, 15) is 9.59 Å². The van der Waals surface area contributed by atoms with Gasteiger partial charge in [0, 0.05) is 11.4 Å². The number of methoxy groups -OCH3 is 1. The standard InChI is InChI=1S/C22H29N3O3/c1-14(2)18-7-6-8-19(15(3)4)21(18)25-22(27)23-13-20(26)24-16-9-11-17(28-5)12-10-16/h6-12,14-15H,13H2,1-5H3,(H,24,26)(H2,23,25,27). The Morgan fingerprint density at radius 3 is 1.96 bits per heavy atom. The van der Waals surface area contributed by atoms with E-state index in [-0.39, 0.29) is 24.3 Å². The fraction of sp³-hybridized carbons (Fsp3) is 0.364. The summed E-state index contributed by atoms with van der Waals surface area (Å²) in [5.74, 6) is 0.946. The van der Waals surface area contributed by atoms with Gasteiger partial charge in [0.1, 0.15) is 5.75 Å². The van der Waals surface area contributed by atoms with Crippen LogP contribution in [0, 0.1) is 0 Å². The van der Waals surface area contributed by atoms with Crippen molar-refractivity contribution in [2.45, 2.75) is 39.5 Å². The molecule has 0 fully saturated rings. The minimum absolute atomic E-state index is 0.126. The third-order valence-corrected chi connectivity index (χ3v) is 4.39. The summed E-state index contributed by atoms with van der Waals surface area (Å²) in [7, 11) is 1.58. The van der Waals surface area contributed by atoms with Gasteiger partial charge in [-0.1, -0.05) is 45.9 Å². The van der Waals surface area contributed by atoms with Gasteiger partial charge in [-0.15, -0.1) is 0 Å². The molecule has 0 aliphatic carbocycles. The average molecular weight is 383 g/mol. The van der Waals surface area contributed by atoms with Crippen LogP contribution in [-0.2, 0) is 4.79 Å². The monoisotopic (exact) mass is 383 g/mol. The van der Waals surface area contributed by atoms with Crippen molar-refractivity contribution in [3.05, 3.63) is 53.6 Å². The van der Waals surface area contributed by atoms with Crippen molar-refractivity contribution in [3.63, 3.8) is 0 Å². The Hall–Kier alpha value is -3.02. The number of amides is 3. The van der Waals surface area contributed by atoms with Crippen LogP contribution in [0.15, 0.2) is 42.5 Å². The second kappa shape index (κ2) is 9.78. The van der Waals surface area contributed by atoms with Crippen molar-refractivity contribution in [2.24, 2.45) is 0 Å². The maximum Gasteiger partial charge on any atom is 0.319 e. The van der Waals surface area contributed by atoms with Gasteiger partial charge in [-0.2, -0.15) is 0 Å². The van der Waals surface area contributed by atoms with Crippen molar-refractivity contribution in [3.8, 4) is 5.75 Å². The third-order valence-electron chi connectivity index (χ3n) is 4.39. The van der Waals surface area contributed by atoms with Crippen molar-refractivity contribution < 1.29 is 14.3 Å². The third kappa shape index (κ3) is 5.74. The first-order valence-corrected chi connectivity index (χ1v) is 9.43. The number of benzene rings is 2. The lowest BCUT2D eigenvalue weighted by atomic mass is 9.93. The molecule has 0 unspecified atom stereocenters. The topological polar surface area (TPSA) is 79.5 Å². The number of carbonyl (C=O) groups is 2. The molecule has 3 N–H and O–H groups in total. The lowest BCUT2D eigenvalue weighted by Crippen LogP contribution is -2.36. The van der Waals surface area contributed by atoms with Gasteiger partial charge < -0.3 is 20.7 Å². The molecule has 3 amide bonds. The highest BCUT2D eigenvalue weighted by Gasteiger charge is 2.16. The van der Waals surface area contributed by atoms with E-state index in [0.717, 1.165) is 16.8 Å². The van der Waals surface area contributed by atoms with Crippen molar-refractivity contribution >= 4 is 23.3 Å². The molecule has 0 spiro atoms.